The van der Waals surface area contributed by atoms with Gasteiger partial charge in [-0.3, -0.25) is 4.79 Å². The van der Waals surface area contributed by atoms with Crippen LogP contribution >= 0.6 is 0 Å². The summed E-state index contributed by atoms with van der Waals surface area (Å²) in [7, 11) is 0. The fraction of sp³-hybridized carbons (Fsp3) is 0.300. The second-order valence-corrected chi connectivity index (χ2v) is 3.54. The van der Waals surface area contributed by atoms with Crippen LogP contribution in [0.5, 0.6) is 0 Å². The lowest BCUT2D eigenvalue weighted by atomic mass is 10.0. The van der Waals surface area contributed by atoms with Crippen LogP contribution in [0.25, 0.3) is 5.52 Å². The van der Waals surface area contributed by atoms with Gasteiger partial charge in [-0.15, -0.1) is 5.10 Å². The van der Waals surface area contributed by atoms with Crippen molar-refractivity contribution in [1.29, 1.82) is 0 Å². The maximum absolute atomic E-state index is 11.6. The largest absolute Gasteiger partial charge is 0.294 e. The van der Waals surface area contributed by atoms with Crippen molar-refractivity contribution in [2.45, 2.75) is 13.8 Å². The summed E-state index contributed by atoms with van der Waals surface area (Å²) in [6.07, 6.45) is 3.37. The molecule has 72 valence electrons. The molecule has 4 nitrogen and oxygen atoms in total. The van der Waals surface area contributed by atoms with Gasteiger partial charge in [0.15, 0.2) is 5.78 Å². The number of Topliss-reactive ketones (excluding diaryl/α,β-unsaturated/α-hetero) is 1. The van der Waals surface area contributed by atoms with E-state index in [-0.39, 0.29) is 11.7 Å². The SMILES string of the molecule is CC(C)C(=O)c1ccc2cnnn2c1. The van der Waals surface area contributed by atoms with Crippen molar-refractivity contribution >= 4 is 11.3 Å². The predicted molar refractivity (Wildman–Crippen MR) is 52.2 cm³/mol. The molecule has 2 heterocycles. The van der Waals surface area contributed by atoms with Gasteiger partial charge in [0.05, 0.1) is 11.7 Å². The topological polar surface area (TPSA) is 47.3 Å². The van der Waals surface area contributed by atoms with Crippen LogP contribution in [0.15, 0.2) is 24.5 Å². The maximum Gasteiger partial charge on any atom is 0.166 e. The molecule has 0 bridgehead atoms. The van der Waals surface area contributed by atoms with Gasteiger partial charge in [-0.25, -0.2) is 4.52 Å². The normalized spacial score (nSPS) is 11.1. The highest BCUT2D eigenvalue weighted by molar-refractivity contribution is 5.97. The monoisotopic (exact) mass is 189 g/mol. The minimum absolute atomic E-state index is 0.0102. The fourth-order valence-corrected chi connectivity index (χ4v) is 1.30. The molecule has 0 amide bonds. The molecule has 0 spiro atoms. The molecule has 0 saturated carbocycles. The van der Waals surface area contributed by atoms with Crippen LogP contribution < -0.4 is 0 Å². The number of fused-ring (bicyclic) bond motifs is 1. The average Bonchev–Trinajstić information content (AvgIpc) is 2.62. The van der Waals surface area contributed by atoms with Crippen LogP contribution in [0.4, 0.5) is 0 Å². The van der Waals surface area contributed by atoms with Gasteiger partial charge in [0.1, 0.15) is 0 Å². The first-order valence-corrected chi connectivity index (χ1v) is 4.53. The van der Waals surface area contributed by atoms with E-state index in [4.69, 9.17) is 0 Å². The van der Waals surface area contributed by atoms with Crippen LogP contribution in [-0.4, -0.2) is 20.6 Å². The maximum atomic E-state index is 11.6. The van der Waals surface area contributed by atoms with E-state index in [1.807, 2.05) is 19.9 Å². The smallest absolute Gasteiger partial charge is 0.166 e. The predicted octanol–water partition coefficient (Wildman–Crippen LogP) is 1.57. The standard InChI is InChI=1S/C10H11N3O/c1-7(2)10(14)8-3-4-9-5-11-12-13(9)6-8/h3-7H,1-2H3. The summed E-state index contributed by atoms with van der Waals surface area (Å²) >= 11 is 0. The molecule has 0 fully saturated rings. The highest BCUT2D eigenvalue weighted by Gasteiger charge is 2.10. The second kappa shape index (κ2) is 3.21. The number of hydrogen-bond donors (Lipinski definition) is 0. The number of aromatic nitrogens is 3. The Morgan fingerprint density at radius 2 is 2.21 bits per heavy atom. The molecule has 0 aliphatic carbocycles. The molecule has 0 atom stereocenters. The lowest BCUT2D eigenvalue weighted by molar-refractivity contribution is 0.0939. The number of carbonyl (C=O) groups excluding carboxylic acids is 1. The van der Waals surface area contributed by atoms with Gasteiger partial charge in [0.2, 0.25) is 0 Å². The third kappa shape index (κ3) is 1.39. The highest BCUT2D eigenvalue weighted by atomic mass is 16.1. The zero-order chi connectivity index (χ0) is 10.1. The van der Waals surface area contributed by atoms with Crippen molar-refractivity contribution in [2.24, 2.45) is 5.92 Å². The Labute approximate surface area is 81.5 Å². The van der Waals surface area contributed by atoms with Gasteiger partial charge in [0.25, 0.3) is 0 Å². The third-order valence-corrected chi connectivity index (χ3v) is 2.11. The number of pyridine rings is 1. The number of carbonyl (C=O) groups is 1. The second-order valence-electron chi connectivity index (χ2n) is 3.54. The van der Waals surface area contributed by atoms with Gasteiger partial charge in [-0.1, -0.05) is 19.1 Å². The van der Waals surface area contributed by atoms with E-state index >= 15 is 0 Å². The van der Waals surface area contributed by atoms with Crippen molar-refractivity contribution in [3.8, 4) is 0 Å². The summed E-state index contributed by atoms with van der Waals surface area (Å²) < 4.78 is 1.61. The Bertz CT molecular complexity index is 473. The van der Waals surface area contributed by atoms with Gasteiger partial charge in [-0.05, 0) is 12.1 Å². The third-order valence-electron chi connectivity index (χ3n) is 2.11. The molecule has 4 heteroatoms. The molecule has 0 aromatic carbocycles. The van der Waals surface area contributed by atoms with Gasteiger partial charge in [-0.2, -0.15) is 0 Å². The lowest BCUT2D eigenvalue weighted by Gasteiger charge is -2.03. The molecule has 0 radical (unpaired) electrons. The van der Waals surface area contributed by atoms with Crippen LogP contribution in [0.3, 0.4) is 0 Å². The van der Waals surface area contributed by atoms with Gasteiger partial charge >= 0.3 is 0 Å². The van der Waals surface area contributed by atoms with Gasteiger partial charge < -0.3 is 0 Å². The summed E-state index contributed by atoms with van der Waals surface area (Å²) in [5, 5.41) is 7.58. The van der Waals surface area contributed by atoms with Crippen molar-refractivity contribution < 1.29 is 4.79 Å². The fourth-order valence-electron chi connectivity index (χ4n) is 1.30. The molecular weight excluding hydrogens is 178 g/mol. The summed E-state index contributed by atoms with van der Waals surface area (Å²) in [5.41, 5.74) is 1.57. The molecule has 2 rings (SSSR count). The van der Waals surface area contributed by atoms with E-state index in [2.05, 4.69) is 10.3 Å². The van der Waals surface area contributed by atoms with Crippen molar-refractivity contribution in [1.82, 2.24) is 14.8 Å². The summed E-state index contributed by atoms with van der Waals surface area (Å²) in [5.74, 6) is 0.137. The Morgan fingerprint density at radius 1 is 1.43 bits per heavy atom. The molecule has 2 aromatic rings. The van der Waals surface area contributed by atoms with Crippen LogP contribution in [-0.2, 0) is 0 Å². The molecular formula is C10H11N3O. The van der Waals surface area contributed by atoms with Crippen molar-refractivity contribution in [3.63, 3.8) is 0 Å². The molecule has 2 aromatic heterocycles. The molecule has 0 saturated heterocycles. The van der Waals surface area contributed by atoms with E-state index in [0.717, 1.165) is 5.52 Å². The summed E-state index contributed by atoms with van der Waals surface area (Å²) in [4.78, 5) is 11.6. The molecule has 0 unspecified atom stereocenters. The zero-order valence-corrected chi connectivity index (χ0v) is 8.14. The minimum Gasteiger partial charge on any atom is -0.294 e. The Morgan fingerprint density at radius 3 is 2.93 bits per heavy atom. The lowest BCUT2D eigenvalue weighted by Crippen LogP contribution is -2.08. The van der Waals surface area contributed by atoms with E-state index in [9.17, 15) is 4.79 Å². The number of rotatable bonds is 2. The van der Waals surface area contributed by atoms with Crippen LogP contribution in [0.2, 0.25) is 0 Å². The molecule has 0 N–H and O–H groups in total. The Hall–Kier alpha value is -1.71. The zero-order valence-electron chi connectivity index (χ0n) is 8.14. The Balaban J connectivity index is 2.48. The highest BCUT2D eigenvalue weighted by Crippen LogP contribution is 2.09. The first-order valence-electron chi connectivity index (χ1n) is 4.53. The number of ketones is 1. The average molecular weight is 189 g/mol. The summed E-state index contributed by atoms with van der Waals surface area (Å²) in [6.45, 7) is 3.77. The van der Waals surface area contributed by atoms with E-state index in [0.29, 0.717) is 5.56 Å². The van der Waals surface area contributed by atoms with Crippen molar-refractivity contribution in [2.75, 3.05) is 0 Å². The first kappa shape index (κ1) is 8.87. The number of hydrogen-bond acceptors (Lipinski definition) is 3. The van der Waals surface area contributed by atoms with E-state index in [1.165, 1.54) is 0 Å². The van der Waals surface area contributed by atoms with Crippen LogP contribution in [0.1, 0.15) is 24.2 Å². The van der Waals surface area contributed by atoms with Crippen molar-refractivity contribution in [3.05, 3.63) is 30.1 Å². The molecule has 14 heavy (non-hydrogen) atoms. The molecule has 0 aliphatic heterocycles. The Kier molecular flexibility index (Phi) is 2.04. The van der Waals surface area contributed by atoms with Crippen LogP contribution in [0, 0.1) is 5.92 Å². The quantitative estimate of drug-likeness (QED) is 0.673. The molecule has 0 aliphatic rings. The first-order chi connectivity index (χ1) is 6.68. The number of nitrogens with zero attached hydrogens (tertiary/aromatic N) is 3. The van der Waals surface area contributed by atoms with E-state index < -0.39 is 0 Å². The van der Waals surface area contributed by atoms with Gasteiger partial charge in [0, 0.05) is 17.7 Å². The van der Waals surface area contributed by atoms with E-state index in [1.54, 1.807) is 23.0 Å². The summed E-state index contributed by atoms with van der Waals surface area (Å²) in [6, 6.07) is 3.65. The minimum atomic E-state index is 0.0102.